The Kier molecular flexibility index (Phi) is 3.35. The molecular formula is C11H23N3. The summed E-state index contributed by atoms with van der Waals surface area (Å²) in [6.45, 7) is 10.3. The zero-order valence-corrected chi connectivity index (χ0v) is 9.83. The summed E-state index contributed by atoms with van der Waals surface area (Å²) in [4.78, 5) is 0. The highest BCUT2D eigenvalue weighted by atomic mass is 15.6. The van der Waals surface area contributed by atoms with Crippen LogP contribution in [0.2, 0.25) is 0 Å². The van der Waals surface area contributed by atoms with Crippen LogP contribution in [0.3, 0.4) is 0 Å². The third kappa shape index (κ3) is 1.85. The smallest absolute Gasteiger partial charge is 0.0293 e. The molecule has 1 heterocycles. The minimum atomic E-state index is 0.0759. The van der Waals surface area contributed by atoms with E-state index in [9.17, 15) is 0 Å². The van der Waals surface area contributed by atoms with Crippen molar-refractivity contribution in [3.05, 3.63) is 12.7 Å². The molecule has 3 unspecified atom stereocenters. The monoisotopic (exact) mass is 197 g/mol. The van der Waals surface area contributed by atoms with Gasteiger partial charge in [-0.3, -0.25) is 0 Å². The first-order valence-electron chi connectivity index (χ1n) is 5.23. The molecule has 1 aliphatic heterocycles. The maximum absolute atomic E-state index is 6.20. The van der Waals surface area contributed by atoms with E-state index in [1.54, 1.807) is 0 Å². The van der Waals surface area contributed by atoms with Gasteiger partial charge in [-0.05, 0) is 5.92 Å². The van der Waals surface area contributed by atoms with Gasteiger partial charge in [0.05, 0.1) is 0 Å². The van der Waals surface area contributed by atoms with Crippen molar-refractivity contribution in [3.63, 3.8) is 0 Å². The summed E-state index contributed by atoms with van der Waals surface area (Å²) >= 11 is 0. The molecule has 0 aromatic heterocycles. The Morgan fingerprint density at radius 2 is 2.07 bits per heavy atom. The van der Waals surface area contributed by atoms with Crippen LogP contribution in [-0.4, -0.2) is 43.2 Å². The van der Waals surface area contributed by atoms with Gasteiger partial charge in [-0.2, -0.15) is 0 Å². The van der Waals surface area contributed by atoms with Crippen LogP contribution < -0.4 is 5.73 Å². The van der Waals surface area contributed by atoms with Crippen LogP contribution in [0.25, 0.3) is 0 Å². The van der Waals surface area contributed by atoms with Crippen LogP contribution in [0.1, 0.15) is 13.8 Å². The predicted octanol–water partition coefficient (Wildman–Crippen LogP) is 0.934. The van der Waals surface area contributed by atoms with E-state index >= 15 is 0 Å². The quantitative estimate of drug-likeness (QED) is 0.669. The highest BCUT2D eigenvalue weighted by molar-refractivity contribution is 5.05. The summed E-state index contributed by atoms with van der Waals surface area (Å²) in [5.74, 6) is 0.547. The van der Waals surface area contributed by atoms with Crippen LogP contribution in [0.4, 0.5) is 0 Å². The van der Waals surface area contributed by atoms with Gasteiger partial charge in [-0.15, -0.1) is 6.58 Å². The number of piperidine rings is 1. The standard InChI is InChI=1S/C11H23N3/c1-6-11(3)9(2)7-14(13(4)5)8-10(11)12/h6,9-10H,1,7-8,12H2,2-5H3. The van der Waals surface area contributed by atoms with Crippen molar-refractivity contribution < 1.29 is 0 Å². The molecule has 0 saturated carbocycles. The van der Waals surface area contributed by atoms with Crippen LogP contribution in [0.5, 0.6) is 0 Å². The number of hydrogen-bond acceptors (Lipinski definition) is 3. The molecule has 0 bridgehead atoms. The summed E-state index contributed by atoms with van der Waals surface area (Å²) in [6.07, 6.45) is 2.02. The minimum absolute atomic E-state index is 0.0759. The fourth-order valence-electron chi connectivity index (χ4n) is 2.06. The second-order valence-corrected chi connectivity index (χ2v) is 4.80. The van der Waals surface area contributed by atoms with E-state index in [1.165, 1.54) is 0 Å². The molecule has 0 aromatic rings. The maximum Gasteiger partial charge on any atom is 0.0293 e. The Hall–Kier alpha value is -0.380. The van der Waals surface area contributed by atoms with Gasteiger partial charge in [-0.25, -0.2) is 10.0 Å². The molecule has 3 nitrogen and oxygen atoms in total. The van der Waals surface area contributed by atoms with Gasteiger partial charge < -0.3 is 5.73 Å². The Balaban J connectivity index is 2.77. The molecule has 2 N–H and O–H groups in total. The SMILES string of the molecule is C=CC1(C)C(C)CN(N(C)C)CC1N. The van der Waals surface area contributed by atoms with Crippen LogP contribution in [0, 0.1) is 11.3 Å². The highest BCUT2D eigenvalue weighted by Gasteiger charge is 2.40. The summed E-state index contributed by atoms with van der Waals surface area (Å²) < 4.78 is 0. The summed E-state index contributed by atoms with van der Waals surface area (Å²) in [5, 5.41) is 4.42. The zero-order chi connectivity index (χ0) is 10.9. The molecule has 1 fully saturated rings. The summed E-state index contributed by atoms with van der Waals surface area (Å²) in [7, 11) is 4.13. The van der Waals surface area contributed by atoms with E-state index in [1.807, 2.05) is 6.08 Å². The van der Waals surface area contributed by atoms with Crippen molar-refractivity contribution in [2.75, 3.05) is 27.2 Å². The molecule has 0 aliphatic carbocycles. The van der Waals surface area contributed by atoms with Gasteiger partial charge in [0.25, 0.3) is 0 Å². The molecule has 3 heteroatoms. The van der Waals surface area contributed by atoms with Crippen molar-refractivity contribution in [1.29, 1.82) is 0 Å². The lowest BCUT2D eigenvalue weighted by molar-refractivity contribution is -0.0541. The van der Waals surface area contributed by atoms with Crippen molar-refractivity contribution >= 4 is 0 Å². The van der Waals surface area contributed by atoms with Gasteiger partial charge in [0.2, 0.25) is 0 Å². The number of nitrogens with zero attached hydrogens (tertiary/aromatic N) is 2. The van der Waals surface area contributed by atoms with Gasteiger partial charge >= 0.3 is 0 Å². The lowest BCUT2D eigenvalue weighted by atomic mass is 9.70. The molecule has 82 valence electrons. The lowest BCUT2D eigenvalue weighted by Gasteiger charge is -2.48. The second kappa shape index (κ2) is 4.01. The van der Waals surface area contributed by atoms with Crippen LogP contribution in [0.15, 0.2) is 12.7 Å². The number of hydrogen-bond donors (Lipinski definition) is 1. The van der Waals surface area contributed by atoms with Crippen molar-refractivity contribution in [2.45, 2.75) is 19.9 Å². The Morgan fingerprint density at radius 3 is 2.43 bits per heavy atom. The predicted molar refractivity (Wildman–Crippen MR) is 60.7 cm³/mol. The average Bonchev–Trinajstić information content (AvgIpc) is 2.13. The molecule has 0 radical (unpaired) electrons. The molecule has 3 atom stereocenters. The summed E-state index contributed by atoms with van der Waals surface area (Å²) in [6, 6.07) is 0.172. The largest absolute Gasteiger partial charge is 0.326 e. The van der Waals surface area contributed by atoms with E-state index in [0.717, 1.165) is 13.1 Å². The van der Waals surface area contributed by atoms with Crippen molar-refractivity contribution in [1.82, 2.24) is 10.0 Å². The third-order valence-electron chi connectivity index (χ3n) is 3.76. The van der Waals surface area contributed by atoms with Gasteiger partial charge in [0, 0.05) is 38.6 Å². The number of hydrazine groups is 1. The number of rotatable bonds is 2. The van der Waals surface area contributed by atoms with Gasteiger partial charge in [0.15, 0.2) is 0 Å². The van der Waals surface area contributed by atoms with Gasteiger partial charge in [-0.1, -0.05) is 19.9 Å². The van der Waals surface area contributed by atoms with Crippen LogP contribution in [-0.2, 0) is 0 Å². The normalized spacial score (nSPS) is 40.1. The highest BCUT2D eigenvalue weighted by Crippen LogP contribution is 2.36. The third-order valence-corrected chi connectivity index (χ3v) is 3.76. The van der Waals surface area contributed by atoms with Crippen molar-refractivity contribution in [2.24, 2.45) is 17.1 Å². The first kappa shape index (κ1) is 11.7. The maximum atomic E-state index is 6.20. The van der Waals surface area contributed by atoms with Crippen LogP contribution >= 0.6 is 0 Å². The topological polar surface area (TPSA) is 32.5 Å². The molecule has 14 heavy (non-hydrogen) atoms. The molecular weight excluding hydrogens is 174 g/mol. The summed E-state index contributed by atoms with van der Waals surface area (Å²) in [5.41, 5.74) is 6.28. The molecule has 1 rings (SSSR count). The zero-order valence-electron chi connectivity index (χ0n) is 9.83. The minimum Gasteiger partial charge on any atom is -0.326 e. The fraction of sp³-hybridized carbons (Fsp3) is 0.818. The van der Waals surface area contributed by atoms with Crippen molar-refractivity contribution in [3.8, 4) is 0 Å². The molecule has 0 aromatic carbocycles. The molecule has 0 spiro atoms. The Labute approximate surface area is 87.5 Å². The lowest BCUT2D eigenvalue weighted by Crippen LogP contribution is -2.60. The van der Waals surface area contributed by atoms with E-state index in [0.29, 0.717) is 5.92 Å². The fourth-order valence-corrected chi connectivity index (χ4v) is 2.06. The first-order chi connectivity index (χ1) is 6.41. The van der Waals surface area contributed by atoms with E-state index in [4.69, 9.17) is 5.73 Å². The second-order valence-electron chi connectivity index (χ2n) is 4.80. The average molecular weight is 197 g/mol. The first-order valence-corrected chi connectivity index (χ1v) is 5.23. The number of nitrogens with two attached hydrogens (primary N) is 1. The Morgan fingerprint density at radius 1 is 1.50 bits per heavy atom. The molecule has 0 amide bonds. The molecule has 1 aliphatic rings. The van der Waals surface area contributed by atoms with Gasteiger partial charge in [0.1, 0.15) is 0 Å². The molecule has 1 saturated heterocycles. The Bertz CT molecular complexity index is 201. The van der Waals surface area contributed by atoms with E-state index < -0.39 is 0 Å². The van der Waals surface area contributed by atoms with E-state index in [-0.39, 0.29) is 11.5 Å². The van der Waals surface area contributed by atoms with E-state index in [2.05, 4.69) is 44.5 Å².